The van der Waals surface area contributed by atoms with E-state index < -0.39 is 23.1 Å². The summed E-state index contributed by atoms with van der Waals surface area (Å²) in [5.74, 6) is -14.7. The van der Waals surface area contributed by atoms with Gasteiger partial charge >= 0.3 is 0 Å². The summed E-state index contributed by atoms with van der Waals surface area (Å²) in [4.78, 5) is 0. The Bertz CT molecular complexity index is 183. The summed E-state index contributed by atoms with van der Waals surface area (Å²) in [7, 11) is 0. The summed E-state index contributed by atoms with van der Waals surface area (Å²) in [6.07, 6.45) is 0. The summed E-state index contributed by atoms with van der Waals surface area (Å²) in [5, 5.41) is 70.8. The van der Waals surface area contributed by atoms with Crippen molar-refractivity contribution in [3.8, 4) is 0 Å². The lowest BCUT2D eigenvalue weighted by Gasteiger charge is -2.45. The van der Waals surface area contributed by atoms with Gasteiger partial charge in [0, 0.05) is 0 Å². The van der Waals surface area contributed by atoms with Crippen molar-refractivity contribution in [3.05, 3.63) is 0 Å². The van der Waals surface area contributed by atoms with Gasteiger partial charge in [0.25, 0.3) is 11.6 Å². The molecule has 8 N–H and O–H groups in total. The van der Waals surface area contributed by atoms with Gasteiger partial charge in [0.1, 0.15) is 0 Å². The van der Waals surface area contributed by atoms with Crippen LogP contribution in [0.3, 0.4) is 0 Å². The molecular weight excluding hydrogens is 200 g/mol. The summed E-state index contributed by atoms with van der Waals surface area (Å²) in [5.41, 5.74) is 0. The summed E-state index contributed by atoms with van der Waals surface area (Å²) in [6, 6.07) is 0. The van der Waals surface area contributed by atoms with Gasteiger partial charge in [-0.3, -0.25) is 0 Å². The van der Waals surface area contributed by atoms with Crippen molar-refractivity contribution in [1.82, 2.24) is 0 Å². The maximum absolute atomic E-state index is 8.95. The molecule has 0 amide bonds. The molecule has 0 aliphatic rings. The zero-order chi connectivity index (χ0) is 12.0. The first-order valence-electron chi connectivity index (χ1n) is 3.54. The Labute approximate surface area is 78.9 Å². The molecule has 0 aromatic rings. The van der Waals surface area contributed by atoms with Gasteiger partial charge in [-0.05, 0) is 13.8 Å². The highest BCUT2D eigenvalue weighted by Crippen LogP contribution is 2.33. The third-order valence-corrected chi connectivity index (χ3v) is 1.81. The normalized spacial score (nSPS) is 15.9. The highest BCUT2D eigenvalue weighted by Gasteiger charge is 2.66. The van der Waals surface area contributed by atoms with E-state index >= 15 is 0 Å². The molecule has 0 rings (SSSR count). The van der Waals surface area contributed by atoms with Crippen molar-refractivity contribution >= 4 is 0 Å². The highest BCUT2D eigenvalue weighted by molar-refractivity contribution is 4.97. The fraction of sp³-hybridized carbons (Fsp3) is 1.00. The molecule has 0 saturated carbocycles. The van der Waals surface area contributed by atoms with E-state index in [4.69, 9.17) is 40.9 Å². The Kier molecular flexibility index (Phi) is 3.01. The molecule has 0 unspecified atom stereocenters. The van der Waals surface area contributed by atoms with Gasteiger partial charge in [0.05, 0.1) is 0 Å². The molecular formula is C6H14O8. The summed E-state index contributed by atoms with van der Waals surface area (Å²) >= 11 is 0. The second-order valence-electron chi connectivity index (χ2n) is 3.39. The molecule has 86 valence electrons. The molecule has 0 aliphatic heterocycles. The zero-order valence-electron chi connectivity index (χ0n) is 7.58. The van der Waals surface area contributed by atoms with Crippen LogP contribution in [0.1, 0.15) is 13.8 Å². The fourth-order valence-electron chi connectivity index (χ4n) is 0.660. The number of aliphatic hydroxyl groups is 8. The van der Waals surface area contributed by atoms with Crippen molar-refractivity contribution < 1.29 is 40.9 Å². The molecule has 0 aliphatic carbocycles. The minimum absolute atomic E-state index is 0.417. The minimum atomic E-state index is -3.96. The molecule has 0 bridgehead atoms. The van der Waals surface area contributed by atoms with E-state index in [1.807, 2.05) is 0 Å². The quantitative estimate of drug-likeness (QED) is 0.219. The fourth-order valence-corrected chi connectivity index (χ4v) is 0.660. The van der Waals surface area contributed by atoms with Crippen LogP contribution in [0.15, 0.2) is 0 Å². The SMILES string of the molecule is CC(O)(O)C(O)(O)C(O)(O)C(C)(O)O. The molecule has 0 fully saturated rings. The maximum atomic E-state index is 8.95. The van der Waals surface area contributed by atoms with Crippen LogP contribution in [-0.4, -0.2) is 64.0 Å². The molecule has 0 heterocycles. The van der Waals surface area contributed by atoms with Gasteiger partial charge in [-0.15, -0.1) is 0 Å². The van der Waals surface area contributed by atoms with Gasteiger partial charge in [-0.1, -0.05) is 0 Å². The first kappa shape index (κ1) is 13.7. The van der Waals surface area contributed by atoms with E-state index in [1.54, 1.807) is 0 Å². The van der Waals surface area contributed by atoms with Crippen LogP contribution < -0.4 is 0 Å². The van der Waals surface area contributed by atoms with Crippen molar-refractivity contribution in [3.63, 3.8) is 0 Å². The summed E-state index contributed by atoms with van der Waals surface area (Å²) < 4.78 is 0. The number of hydrogen-bond acceptors (Lipinski definition) is 8. The molecule has 0 atom stereocenters. The van der Waals surface area contributed by atoms with Gasteiger partial charge in [0.2, 0.25) is 11.6 Å². The van der Waals surface area contributed by atoms with E-state index in [-0.39, 0.29) is 0 Å². The molecule has 0 aromatic carbocycles. The van der Waals surface area contributed by atoms with E-state index in [9.17, 15) is 0 Å². The van der Waals surface area contributed by atoms with Crippen molar-refractivity contribution in [2.75, 3.05) is 0 Å². The lowest BCUT2D eigenvalue weighted by Crippen LogP contribution is -2.74. The first-order valence-corrected chi connectivity index (χ1v) is 3.54. The van der Waals surface area contributed by atoms with Crippen LogP contribution in [0, 0.1) is 0 Å². The van der Waals surface area contributed by atoms with Crippen molar-refractivity contribution in [1.29, 1.82) is 0 Å². The average Bonchev–Trinajstić information content (AvgIpc) is 1.81. The van der Waals surface area contributed by atoms with Gasteiger partial charge in [0.15, 0.2) is 0 Å². The lowest BCUT2D eigenvalue weighted by molar-refractivity contribution is -0.499. The van der Waals surface area contributed by atoms with Crippen LogP contribution in [0.5, 0.6) is 0 Å². The van der Waals surface area contributed by atoms with Crippen molar-refractivity contribution in [2.24, 2.45) is 0 Å². The first-order chi connectivity index (χ1) is 5.75. The monoisotopic (exact) mass is 214 g/mol. The van der Waals surface area contributed by atoms with Gasteiger partial charge in [-0.2, -0.15) is 0 Å². The largest absolute Gasteiger partial charge is 0.361 e. The Morgan fingerprint density at radius 2 is 0.643 bits per heavy atom. The van der Waals surface area contributed by atoms with Crippen LogP contribution in [0.4, 0.5) is 0 Å². The van der Waals surface area contributed by atoms with Crippen LogP contribution in [-0.2, 0) is 0 Å². The standard InChI is InChI=1S/C6H14O8/c1-3(7,8)5(11,12)6(13,14)4(2,9)10/h7-14H,1-2H3. The molecule has 0 spiro atoms. The third-order valence-electron chi connectivity index (χ3n) is 1.81. The predicted molar refractivity (Wildman–Crippen MR) is 40.0 cm³/mol. The van der Waals surface area contributed by atoms with E-state index in [2.05, 4.69) is 0 Å². The minimum Gasteiger partial charge on any atom is -0.361 e. The lowest BCUT2D eigenvalue weighted by atomic mass is 9.91. The number of hydrogen-bond donors (Lipinski definition) is 8. The number of rotatable bonds is 3. The van der Waals surface area contributed by atoms with E-state index in [0.717, 1.165) is 0 Å². The third kappa shape index (κ3) is 1.87. The topological polar surface area (TPSA) is 162 Å². The van der Waals surface area contributed by atoms with E-state index in [1.165, 1.54) is 0 Å². The molecule has 0 saturated heterocycles. The maximum Gasteiger partial charge on any atom is 0.279 e. The summed E-state index contributed by atoms with van der Waals surface area (Å²) in [6.45, 7) is 0.833. The Morgan fingerprint density at radius 3 is 0.714 bits per heavy atom. The highest BCUT2D eigenvalue weighted by atomic mass is 16.7. The Morgan fingerprint density at radius 1 is 0.500 bits per heavy atom. The van der Waals surface area contributed by atoms with Gasteiger partial charge in [-0.25, -0.2) is 0 Å². The average molecular weight is 214 g/mol. The molecule has 8 nitrogen and oxygen atoms in total. The zero-order valence-corrected chi connectivity index (χ0v) is 7.58. The molecule has 0 aromatic heterocycles. The second-order valence-corrected chi connectivity index (χ2v) is 3.39. The Balaban J connectivity index is 5.30. The second kappa shape index (κ2) is 3.08. The van der Waals surface area contributed by atoms with Crippen LogP contribution >= 0.6 is 0 Å². The molecule has 14 heavy (non-hydrogen) atoms. The van der Waals surface area contributed by atoms with Crippen LogP contribution in [0.2, 0.25) is 0 Å². The predicted octanol–water partition coefficient (Wildman–Crippen LogP) is -4.25. The van der Waals surface area contributed by atoms with Crippen LogP contribution in [0.25, 0.3) is 0 Å². The van der Waals surface area contributed by atoms with E-state index in [0.29, 0.717) is 13.8 Å². The smallest absolute Gasteiger partial charge is 0.279 e. The molecule has 0 radical (unpaired) electrons. The Hall–Kier alpha value is -0.320. The van der Waals surface area contributed by atoms with Crippen molar-refractivity contribution in [2.45, 2.75) is 37.0 Å². The molecule has 8 heteroatoms. The van der Waals surface area contributed by atoms with Gasteiger partial charge < -0.3 is 40.9 Å².